The maximum atomic E-state index is 12.2. The molecule has 0 aromatic carbocycles. The number of carbonyl (C=O) groups excluding carboxylic acids is 1. The molecule has 1 amide bonds. The topological polar surface area (TPSA) is 76.6 Å². The van der Waals surface area contributed by atoms with Gasteiger partial charge in [0.15, 0.2) is 0 Å². The molecular weight excluding hydrogens is 300 g/mol. The highest BCUT2D eigenvalue weighted by molar-refractivity contribution is 7.93. The first kappa shape index (κ1) is 15.4. The van der Waals surface area contributed by atoms with Crippen LogP contribution in [0.15, 0.2) is 9.72 Å². The second-order valence-electron chi connectivity index (χ2n) is 5.07. The Morgan fingerprint density at radius 3 is 2.55 bits per heavy atom. The van der Waals surface area contributed by atoms with Gasteiger partial charge >= 0.3 is 0 Å². The number of hydrogen-bond acceptors (Lipinski definition) is 6. The molecule has 112 valence electrons. The Morgan fingerprint density at radius 2 is 2.05 bits per heavy atom. The smallest absolute Gasteiger partial charge is 0.238 e. The van der Waals surface area contributed by atoms with Gasteiger partial charge < -0.3 is 9.64 Å². The molecule has 0 N–H and O–H groups in total. The minimum Gasteiger partial charge on any atom is -0.372 e. The SMILES string of the molecule is Cc1csc(S(=O)(=O)CC(=O)N2CC(C)OC(C)C2)n1. The van der Waals surface area contributed by atoms with Gasteiger partial charge in [0.1, 0.15) is 5.75 Å². The number of morpholine rings is 1. The normalized spacial score (nSPS) is 23.9. The number of aryl methyl sites for hydroxylation is 1. The number of rotatable bonds is 3. The molecule has 0 spiro atoms. The number of carbonyl (C=O) groups is 1. The van der Waals surface area contributed by atoms with E-state index in [9.17, 15) is 13.2 Å². The lowest BCUT2D eigenvalue weighted by Crippen LogP contribution is -2.49. The van der Waals surface area contributed by atoms with Crippen molar-refractivity contribution in [2.75, 3.05) is 18.8 Å². The molecule has 1 aliphatic heterocycles. The summed E-state index contributed by atoms with van der Waals surface area (Å²) < 4.78 is 29.8. The lowest BCUT2D eigenvalue weighted by Gasteiger charge is -2.35. The van der Waals surface area contributed by atoms with E-state index in [-0.39, 0.29) is 22.5 Å². The summed E-state index contributed by atoms with van der Waals surface area (Å²) in [7, 11) is -3.65. The molecule has 0 aliphatic carbocycles. The molecule has 0 saturated carbocycles. The van der Waals surface area contributed by atoms with Crippen molar-refractivity contribution in [2.45, 2.75) is 37.3 Å². The molecular formula is C12H18N2O4S2. The van der Waals surface area contributed by atoms with Crippen LogP contribution >= 0.6 is 11.3 Å². The van der Waals surface area contributed by atoms with Gasteiger partial charge in [-0.25, -0.2) is 13.4 Å². The van der Waals surface area contributed by atoms with Crippen LogP contribution in [0.2, 0.25) is 0 Å². The fourth-order valence-electron chi connectivity index (χ4n) is 2.17. The van der Waals surface area contributed by atoms with Crippen molar-refractivity contribution in [1.29, 1.82) is 0 Å². The van der Waals surface area contributed by atoms with E-state index in [0.29, 0.717) is 18.8 Å². The molecule has 1 aromatic heterocycles. The molecule has 8 heteroatoms. The number of nitrogens with zero attached hydrogens (tertiary/aromatic N) is 2. The average molecular weight is 318 g/mol. The van der Waals surface area contributed by atoms with E-state index in [1.165, 1.54) is 0 Å². The van der Waals surface area contributed by atoms with Crippen LogP contribution in [0.5, 0.6) is 0 Å². The van der Waals surface area contributed by atoms with E-state index in [0.717, 1.165) is 11.3 Å². The molecule has 1 aliphatic rings. The molecule has 20 heavy (non-hydrogen) atoms. The van der Waals surface area contributed by atoms with Gasteiger partial charge in [0.25, 0.3) is 0 Å². The van der Waals surface area contributed by atoms with Gasteiger partial charge in [-0.05, 0) is 20.8 Å². The third-order valence-corrected chi connectivity index (χ3v) is 6.00. The Hall–Kier alpha value is -0.990. The zero-order chi connectivity index (χ0) is 14.9. The predicted molar refractivity (Wildman–Crippen MR) is 75.5 cm³/mol. The lowest BCUT2D eigenvalue weighted by atomic mass is 10.2. The van der Waals surface area contributed by atoms with Crippen molar-refractivity contribution in [3.05, 3.63) is 11.1 Å². The second-order valence-corrected chi connectivity index (χ2v) is 8.09. The molecule has 0 radical (unpaired) electrons. The minimum absolute atomic E-state index is 0.0118. The lowest BCUT2D eigenvalue weighted by molar-refractivity contribution is -0.140. The van der Waals surface area contributed by atoms with Gasteiger partial charge in [0.2, 0.25) is 20.1 Å². The average Bonchev–Trinajstić information content (AvgIpc) is 2.75. The van der Waals surface area contributed by atoms with Crippen LogP contribution in [0.1, 0.15) is 19.5 Å². The Balaban J connectivity index is 2.07. The van der Waals surface area contributed by atoms with E-state index < -0.39 is 15.6 Å². The Labute approximate surface area is 122 Å². The van der Waals surface area contributed by atoms with Gasteiger partial charge in [0, 0.05) is 24.2 Å². The first-order valence-corrected chi connectivity index (χ1v) is 8.89. The number of ether oxygens (including phenoxy) is 1. The molecule has 2 atom stereocenters. The number of thiazole rings is 1. The molecule has 2 heterocycles. The Morgan fingerprint density at radius 1 is 1.45 bits per heavy atom. The highest BCUT2D eigenvalue weighted by Crippen LogP contribution is 2.18. The standard InChI is InChI=1S/C12H18N2O4S2/c1-8-6-19-12(13-8)20(16,17)7-11(15)14-4-9(2)18-10(3)5-14/h6,9-10H,4-5,7H2,1-3H3. The Bertz CT molecular complexity index is 586. The van der Waals surface area contributed by atoms with Crippen molar-refractivity contribution in [3.63, 3.8) is 0 Å². The summed E-state index contributed by atoms with van der Waals surface area (Å²) in [6, 6.07) is 0. The molecule has 1 saturated heterocycles. The first-order chi connectivity index (χ1) is 9.28. The summed E-state index contributed by atoms with van der Waals surface area (Å²) in [5.41, 5.74) is 0.648. The Kier molecular flexibility index (Phi) is 4.46. The van der Waals surface area contributed by atoms with Gasteiger partial charge in [-0.3, -0.25) is 4.79 Å². The number of sulfone groups is 1. The van der Waals surface area contributed by atoms with Crippen LogP contribution < -0.4 is 0 Å². The molecule has 1 aromatic rings. The fourth-order valence-corrected chi connectivity index (χ4v) is 4.51. The minimum atomic E-state index is -3.65. The van der Waals surface area contributed by atoms with Crippen molar-refractivity contribution < 1.29 is 17.9 Å². The predicted octanol–water partition coefficient (Wildman–Crippen LogP) is 0.861. The highest BCUT2D eigenvalue weighted by Gasteiger charge is 2.30. The van der Waals surface area contributed by atoms with Crippen LogP contribution in [0, 0.1) is 6.92 Å². The van der Waals surface area contributed by atoms with Crippen LogP contribution in [-0.4, -0.2) is 55.3 Å². The van der Waals surface area contributed by atoms with Crippen molar-refractivity contribution >= 4 is 27.1 Å². The zero-order valence-corrected chi connectivity index (χ0v) is 13.3. The van der Waals surface area contributed by atoms with E-state index in [1.54, 1.807) is 17.2 Å². The summed E-state index contributed by atoms with van der Waals surface area (Å²) in [5.74, 6) is -0.917. The van der Waals surface area contributed by atoms with Gasteiger partial charge in [-0.2, -0.15) is 0 Å². The maximum absolute atomic E-state index is 12.2. The second kappa shape index (κ2) is 5.79. The summed E-state index contributed by atoms with van der Waals surface area (Å²) in [4.78, 5) is 17.7. The van der Waals surface area contributed by atoms with Gasteiger partial charge in [-0.1, -0.05) is 0 Å². The van der Waals surface area contributed by atoms with Crippen molar-refractivity contribution in [2.24, 2.45) is 0 Å². The first-order valence-electron chi connectivity index (χ1n) is 6.36. The van der Waals surface area contributed by atoms with Crippen LogP contribution in [0.3, 0.4) is 0 Å². The molecule has 2 unspecified atom stereocenters. The summed E-state index contributed by atoms with van der Waals surface area (Å²) in [5, 5.41) is 1.66. The van der Waals surface area contributed by atoms with E-state index in [1.807, 2.05) is 13.8 Å². The molecule has 6 nitrogen and oxygen atoms in total. The van der Waals surface area contributed by atoms with Crippen LogP contribution in [0.25, 0.3) is 0 Å². The zero-order valence-electron chi connectivity index (χ0n) is 11.7. The monoisotopic (exact) mass is 318 g/mol. The highest BCUT2D eigenvalue weighted by atomic mass is 32.2. The van der Waals surface area contributed by atoms with Gasteiger partial charge in [-0.15, -0.1) is 11.3 Å². The third-order valence-electron chi connectivity index (χ3n) is 2.95. The largest absolute Gasteiger partial charge is 0.372 e. The quantitative estimate of drug-likeness (QED) is 0.826. The summed E-state index contributed by atoms with van der Waals surface area (Å²) in [6.45, 7) is 6.32. The number of hydrogen-bond donors (Lipinski definition) is 0. The van der Waals surface area contributed by atoms with Crippen LogP contribution in [0.4, 0.5) is 0 Å². The summed E-state index contributed by atoms with van der Waals surface area (Å²) in [6.07, 6.45) is -0.153. The van der Waals surface area contributed by atoms with Crippen molar-refractivity contribution in [3.8, 4) is 0 Å². The molecule has 2 rings (SSSR count). The summed E-state index contributed by atoms with van der Waals surface area (Å²) >= 11 is 1.05. The molecule has 0 bridgehead atoms. The number of amides is 1. The number of aromatic nitrogens is 1. The molecule has 1 fully saturated rings. The fraction of sp³-hybridized carbons (Fsp3) is 0.667. The van der Waals surface area contributed by atoms with Crippen LogP contribution in [-0.2, 0) is 19.4 Å². The van der Waals surface area contributed by atoms with Gasteiger partial charge in [0.05, 0.1) is 12.2 Å². The van der Waals surface area contributed by atoms with E-state index in [2.05, 4.69) is 4.98 Å². The van der Waals surface area contributed by atoms with E-state index >= 15 is 0 Å². The maximum Gasteiger partial charge on any atom is 0.238 e. The van der Waals surface area contributed by atoms with E-state index in [4.69, 9.17) is 4.74 Å². The van der Waals surface area contributed by atoms with Crippen molar-refractivity contribution in [1.82, 2.24) is 9.88 Å². The third kappa shape index (κ3) is 3.56.